The Morgan fingerprint density at radius 1 is 1.20 bits per heavy atom. The van der Waals surface area contributed by atoms with E-state index in [2.05, 4.69) is 15.6 Å². The maximum atomic E-state index is 13.9. The lowest BCUT2D eigenvalue weighted by atomic mass is 10.0. The molecule has 0 aliphatic rings. The van der Waals surface area contributed by atoms with Crippen molar-refractivity contribution in [3.05, 3.63) is 70.5 Å². The van der Waals surface area contributed by atoms with E-state index in [1.54, 1.807) is 13.0 Å². The Morgan fingerprint density at radius 3 is 2.43 bits per heavy atom. The molecule has 2 rings (SSSR count). The second-order valence-corrected chi connectivity index (χ2v) is 7.67. The van der Waals surface area contributed by atoms with Crippen LogP contribution in [0.4, 0.5) is 17.6 Å². The van der Waals surface area contributed by atoms with Crippen molar-refractivity contribution < 1.29 is 27.2 Å². The second kappa shape index (κ2) is 12.2. The number of carbonyl (C=O) groups excluding carboxylic acids is 2. The number of nitrogens with zero attached hydrogens (tertiary/aromatic N) is 2. The van der Waals surface area contributed by atoms with E-state index >= 15 is 0 Å². The predicted molar refractivity (Wildman–Crippen MR) is 124 cm³/mol. The number of alkyl halides is 3. The summed E-state index contributed by atoms with van der Waals surface area (Å²) in [5.74, 6) is 3.73. The molecule has 0 aliphatic carbocycles. The Kier molecular flexibility index (Phi) is 9.60. The average molecular weight is 494 g/mol. The van der Waals surface area contributed by atoms with Crippen molar-refractivity contribution in [1.29, 1.82) is 5.41 Å². The standard InChI is InChI=1S/C23H26F4N6O2/c1-14-3-8-17(18(24)11-14)21(34)31-9-10-33(29)13-19(28)22(35)32-20(12-30-2)15-4-6-16(7-5-15)23(25,26)27/h3-8,11-12,20,28H,9-10,13,29H2,1-2H3,(H,31,34)(H,32,35). The van der Waals surface area contributed by atoms with Crippen molar-refractivity contribution >= 4 is 23.7 Å². The van der Waals surface area contributed by atoms with Gasteiger partial charge >= 0.3 is 6.18 Å². The monoisotopic (exact) mass is 494 g/mol. The van der Waals surface area contributed by atoms with E-state index < -0.39 is 41.1 Å². The quantitative estimate of drug-likeness (QED) is 0.175. The highest BCUT2D eigenvalue weighted by Gasteiger charge is 2.30. The predicted octanol–water partition coefficient (Wildman–Crippen LogP) is 2.64. The van der Waals surface area contributed by atoms with Gasteiger partial charge in [0.1, 0.15) is 11.5 Å². The molecule has 35 heavy (non-hydrogen) atoms. The van der Waals surface area contributed by atoms with Crippen LogP contribution in [0, 0.1) is 18.2 Å². The number of rotatable bonds is 10. The molecular weight excluding hydrogens is 468 g/mol. The van der Waals surface area contributed by atoms with E-state index in [9.17, 15) is 27.2 Å². The summed E-state index contributed by atoms with van der Waals surface area (Å²) < 4.78 is 52.2. The first-order chi connectivity index (χ1) is 16.4. The molecule has 0 saturated heterocycles. The molecule has 2 aromatic carbocycles. The Labute approximate surface area is 199 Å². The molecule has 0 radical (unpaired) electrons. The molecule has 1 unspecified atom stereocenters. The summed E-state index contributed by atoms with van der Waals surface area (Å²) in [5, 5.41) is 14.1. The first kappa shape index (κ1) is 27.6. The molecule has 2 aromatic rings. The van der Waals surface area contributed by atoms with Crippen molar-refractivity contribution in [2.45, 2.75) is 19.1 Å². The number of nitrogens with two attached hydrogens (primary N) is 1. The first-order valence-electron chi connectivity index (χ1n) is 10.4. The van der Waals surface area contributed by atoms with Crippen LogP contribution in [0.5, 0.6) is 0 Å². The number of nitrogens with one attached hydrogen (secondary N) is 3. The summed E-state index contributed by atoms with van der Waals surface area (Å²) in [6.07, 6.45) is -3.16. The van der Waals surface area contributed by atoms with Crippen molar-refractivity contribution in [3.63, 3.8) is 0 Å². The maximum absolute atomic E-state index is 13.9. The Bertz CT molecular complexity index is 1090. The Morgan fingerprint density at radius 2 is 1.86 bits per heavy atom. The van der Waals surface area contributed by atoms with Gasteiger partial charge in [-0.2, -0.15) is 13.2 Å². The summed E-state index contributed by atoms with van der Waals surface area (Å²) in [5.41, 5.74) is -0.332. The van der Waals surface area contributed by atoms with E-state index in [-0.39, 0.29) is 25.2 Å². The molecule has 0 bridgehead atoms. The van der Waals surface area contributed by atoms with Gasteiger partial charge in [-0.25, -0.2) is 9.40 Å². The van der Waals surface area contributed by atoms with Gasteiger partial charge in [-0.1, -0.05) is 18.2 Å². The summed E-state index contributed by atoms with van der Waals surface area (Å²) in [4.78, 5) is 28.3. The molecule has 8 nitrogen and oxygen atoms in total. The summed E-state index contributed by atoms with van der Waals surface area (Å²) in [6.45, 7) is 1.52. The number of carbonyl (C=O) groups is 2. The molecule has 0 heterocycles. The third-order valence-electron chi connectivity index (χ3n) is 4.87. The lowest BCUT2D eigenvalue weighted by Gasteiger charge is -2.19. The van der Waals surface area contributed by atoms with Crippen LogP contribution in [-0.4, -0.2) is 55.4 Å². The zero-order chi connectivity index (χ0) is 26.2. The highest BCUT2D eigenvalue weighted by molar-refractivity contribution is 6.38. The normalized spacial score (nSPS) is 12.6. The molecule has 2 amide bonds. The molecule has 0 aliphatic heterocycles. The van der Waals surface area contributed by atoms with E-state index in [1.165, 1.54) is 37.5 Å². The van der Waals surface area contributed by atoms with Crippen LogP contribution in [0.3, 0.4) is 0 Å². The zero-order valence-corrected chi connectivity index (χ0v) is 19.1. The summed E-state index contributed by atoms with van der Waals surface area (Å²) in [6, 6.07) is 7.57. The number of aliphatic imine (C=N–C) groups is 1. The highest BCUT2D eigenvalue weighted by atomic mass is 19.4. The van der Waals surface area contributed by atoms with Crippen LogP contribution >= 0.6 is 0 Å². The van der Waals surface area contributed by atoms with E-state index in [4.69, 9.17) is 11.3 Å². The SMILES string of the molecule is CN=CC(NC(=O)C(=N)CN(N)CCNC(=O)c1ccc(C)cc1F)c1ccc(C(F)(F)F)cc1. The minimum Gasteiger partial charge on any atom is -0.351 e. The highest BCUT2D eigenvalue weighted by Crippen LogP contribution is 2.29. The molecule has 5 N–H and O–H groups in total. The minimum absolute atomic E-state index is 0.0359. The zero-order valence-electron chi connectivity index (χ0n) is 19.1. The van der Waals surface area contributed by atoms with Crippen LogP contribution in [-0.2, 0) is 11.0 Å². The number of benzene rings is 2. The molecule has 0 spiro atoms. The summed E-state index contributed by atoms with van der Waals surface area (Å²) >= 11 is 0. The first-order valence-corrected chi connectivity index (χ1v) is 10.4. The smallest absolute Gasteiger partial charge is 0.351 e. The van der Waals surface area contributed by atoms with Gasteiger partial charge in [-0.3, -0.25) is 25.8 Å². The fraction of sp³-hybridized carbons (Fsp3) is 0.304. The molecular formula is C23H26F4N6O2. The van der Waals surface area contributed by atoms with Gasteiger partial charge in [0.2, 0.25) is 0 Å². The van der Waals surface area contributed by atoms with Crippen LogP contribution in [0.25, 0.3) is 0 Å². The van der Waals surface area contributed by atoms with Crippen molar-refractivity contribution in [3.8, 4) is 0 Å². The Balaban J connectivity index is 1.88. The molecule has 1 atom stereocenters. The van der Waals surface area contributed by atoms with Gasteiger partial charge in [0.05, 0.1) is 23.7 Å². The van der Waals surface area contributed by atoms with Gasteiger partial charge in [0.25, 0.3) is 11.8 Å². The van der Waals surface area contributed by atoms with E-state index in [0.29, 0.717) is 11.1 Å². The average Bonchev–Trinajstić information content (AvgIpc) is 2.78. The van der Waals surface area contributed by atoms with Crippen LogP contribution in [0.15, 0.2) is 47.5 Å². The number of halogens is 4. The fourth-order valence-electron chi connectivity index (χ4n) is 3.03. The molecule has 188 valence electrons. The van der Waals surface area contributed by atoms with Crippen LogP contribution < -0.4 is 16.5 Å². The van der Waals surface area contributed by atoms with Crippen LogP contribution in [0.1, 0.15) is 33.1 Å². The molecule has 0 fully saturated rings. The van der Waals surface area contributed by atoms with Gasteiger partial charge in [0, 0.05) is 26.4 Å². The van der Waals surface area contributed by atoms with Gasteiger partial charge in [-0.05, 0) is 42.3 Å². The van der Waals surface area contributed by atoms with Crippen LogP contribution in [0.2, 0.25) is 0 Å². The molecule has 0 saturated carbocycles. The number of hydrogen-bond donors (Lipinski definition) is 4. The molecule has 0 aromatic heterocycles. The lowest BCUT2D eigenvalue weighted by molar-refractivity contribution is -0.137. The minimum atomic E-state index is -4.49. The van der Waals surface area contributed by atoms with E-state index in [1.807, 2.05) is 0 Å². The molecule has 12 heteroatoms. The maximum Gasteiger partial charge on any atom is 0.416 e. The van der Waals surface area contributed by atoms with Crippen molar-refractivity contribution in [2.75, 3.05) is 26.7 Å². The summed E-state index contributed by atoms with van der Waals surface area (Å²) in [7, 11) is 1.44. The lowest BCUT2D eigenvalue weighted by Crippen LogP contribution is -2.46. The van der Waals surface area contributed by atoms with Gasteiger partial charge in [0.15, 0.2) is 0 Å². The number of hydrazine groups is 1. The van der Waals surface area contributed by atoms with E-state index in [0.717, 1.165) is 17.1 Å². The number of hydrogen-bond acceptors (Lipinski definition) is 6. The third kappa shape index (κ3) is 8.26. The fourth-order valence-corrected chi connectivity index (χ4v) is 3.03. The van der Waals surface area contributed by atoms with Crippen molar-refractivity contribution in [1.82, 2.24) is 15.6 Å². The largest absolute Gasteiger partial charge is 0.416 e. The van der Waals surface area contributed by atoms with Gasteiger partial charge < -0.3 is 10.6 Å². The number of amides is 2. The van der Waals surface area contributed by atoms with Gasteiger partial charge in [-0.15, -0.1) is 0 Å². The third-order valence-corrected chi connectivity index (χ3v) is 4.87. The second-order valence-electron chi connectivity index (χ2n) is 7.67. The Hall–Kier alpha value is -3.64. The topological polar surface area (TPSA) is 124 Å². The number of aryl methyl sites for hydroxylation is 1. The van der Waals surface area contributed by atoms with Crippen molar-refractivity contribution in [2.24, 2.45) is 10.8 Å².